The molecule has 0 bridgehead atoms. The molecule has 0 aliphatic carbocycles. The van der Waals surface area contributed by atoms with Gasteiger partial charge in [0.15, 0.2) is 0 Å². The highest BCUT2D eigenvalue weighted by atomic mass is 15.3. The molecule has 1 N–H and O–H groups in total. The van der Waals surface area contributed by atoms with Gasteiger partial charge in [-0.15, -0.1) is 0 Å². The Bertz CT molecular complexity index is 497. The average Bonchev–Trinajstić information content (AvgIpc) is 2.78. The third-order valence-electron chi connectivity index (χ3n) is 3.38. The number of rotatable bonds is 4. The molecule has 0 radical (unpaired) electrons. The molecule has 2 aromatic rings. The number of hydrogen-bond acceptors (Lipinski definition) is 2. The molecule has 3 heteroatoms. The minimum Gasteiger partial charge on any atom is -0.308 e. The number of aryl methyl sites for hydroxylation is 1. The third-order valence-corrected chi connectivity index (χ3v) is 3.38. The van der Waals surface area contributed by atoms with Gasteiger partial charge in [0.25, 0.3) is 0 Å². The van der Waals surface area contributed by atoms with Crippen LogP contribution in [-0.4, -0.2) is 16.8 Å². The summed E-state index contributed by atoms with van der Waals surface area (Å²) in [6.45, 7) is 4.43. The number of aromatic nitrogens is 2. The molecule has 0 fully saturated rings. The van der Waals surface area contributed by atoms with E-state index >= 15 is 0 Å². The van der Waals surface area contributed by atoms with Gasteiger partial charge in [0.2, 0.25) is 0 Å². The Balaban J connectivity index is 2.31. The second-order valence-electron chi connectivity index (χ2n) is 4.92. The van der Waals surface area contributed by atoms with Crippen LogP contribution in [0.4, 0.5) is 0 Å². The topological polar surface area (TPSA) is 29.9 Å². The zero-order valence-corrected chi connectivity index (χ0v) is 11.5. The van der Waals surface area contributed by atoms with Crippen LogP contribution in [0.1, 0.15) is 42.6 Å². The van der Waals surface area contributed by atoms with Crippen LogP contribution in [0.25, 0.3) is 0 Å². The van der Waals surface area contributed by atoms with Crippen LogP contribution < -0.4 is 5.32 Å². The fourth-order valence-corrected chi connectivity index (χ4v) is 2.23. The van der Waals surface area contributed by atoms with E-state index in [9.17, 15) is 0 Å². The Morgan fingerprint density at radius 2 is 1.67 bits per heavy atom. The molecule has 1 aromatic heterocycles. The molecule has 0 spiro atoms. The van der Waals surface area contributed by atoms with E-state index < -0.39 is 0 Å². The van der Waals surface area contributed by atoms with Gasteiger partial charge in [-0.05, 0) is 30.2 Å². The fourth-order valence-electron chi connectivity index (χ4n) is 2.23. The highest BCUT2D eigenvalue weighted by Crippen LogP contribution is 2.23. The van der Waals surface area contributed by atoms with Crippen molar-refractivity contribution in [2.75, 3.05) is 7.05 Å². The quantitative estimate of drug-likeness (QED) is 0.895. The van der Waals surface area contributed by atoms with E-state index in [0.29, 0.717) is 5.92 Å². The number of nitrogens with zero attached hydrogens (tertiary/aromatic N) is 2. The first-order valence-corrected chi connectivity index (χ1v) is 6.38. The molecule has 3 nitrogen and oxygen atoms in total. The largest absolute Gasteiger partial charge is 0.308 e. The Morgan fingerprint density at radius 1 is 1.06 bits per heavy atom. The molecule has 0 aliphatic rings. The van der Waals surface area contributed by atoms with Crippen LogP contribution in [0.3, 0.4) is 0 Å². The van der Waals surface area contributed by atoms with Gasteiger partial charge in [-0.2, -0.15) is 5.10 Å². The highest BCUT2D eigenvalue weighted by molar-refractivity contribution is 5.31. The summed E-state index contributed by atoms with van der Waals surface area (Å²) in [7, 11) is 3.95. The summed E-state index contributed by atoms with van der Waals surface area (Å²) in [5.41, 5.74) is 3.82. The van der Waals surface area contributed by atoms with Crippen molar-refractivity contribution in [2.24, 2.45) is 7.05 Å². The summed E-state index contributed by atoms with van der Waals surface area (Å²) in [6, 6.07) is 11.1. The molecular weight excluding hydrogens is 222 g/mol. The molecule has 1 unspecified atom stereocenters. The van der Waals surface area contributed by atoms with Crippen molar-refractivity contribution in [3.8, 4) is 0 Å². The minimum absolute atomic E-state index is 0.193. The first-order valence-electron chi connectivity index (χ1n) is 6.38. The van der Waals surface area contributed by atoms with Crippen LogP contribution >= 0.6 is 0 Å². The van der Waals surface area contributed by atoms with Gasteiger partial charge >= 0.3 is 0 Å². The lowest BCUT2D eigenvalue weighted by Gasteiger charge is -2.18. The van der Waals surface area contributed by atoms with Crippen LogP contribution in [-0.2, 0) is 7.05 Å². The maximum absolute atomic E-state index is 4.23. The Labute approximate surface area is 109 Å². The van der Waals surface area contributed by atoms with E-state index in [1.165, 1.54) is 16.8 Å². The predicted octanol–water partition coefficient (Wildman–Crippen LogP) is 2.85. The number of nitrogens with one attached hydrogen (secondary N) is 1. The number of benzene rings is 1. The molecule has 1 atom stereocenters. The molecule has 1 aromatic carbocycles. The molecule has 18 heavy (non-hydrogen) atoms. The van der Waals surface area contributed by atoms with Gasteiger partial charge in [0.1, 0.15) is 0 Å². The summed E-state index contributed by atoms with van der Waals surface area (Å²) in [4.78, 5) is 0. The van der Waals surface area contributed by atoms with Crippen LogP contribution in [0.2, 0.25) is 0 Å². The lowest BCUT2D eigenvalue weighted by molar-refractivity contribution is 0.606. The first kappa shape index (κ1) is 12.8. The second-order valence-corrected chi connectivity index (χ2v) is 4.92. The summed E-state index contributed by atoms with van der Waals surface area (Å²) >= 11 is 0. The molecule has 0 saturated heterocycles. The highest BCUT2D eigenvalue weighted by Gasteiger charge is 2.15. The van der Waals surface area contributed by atoms with E-state index in [4.69, 9.17) is 0 Å². The second kappa shape index (κ2) is 5.36. The van der Waals surface area contributed by atoms with Crippen molar-refractivity contribution in [1.29, 1.82) is 0 Å². The van der Waals surface area contributed by atoms with Gasteiger partial charge in [-0.25, -0.2) is 0 Å². The normalized spacial score (nSPS) is 12.9. The Hall–Kier alpha value is -1.61. The van der Waals surface area contributed by atoms with Gasteiger partial charge in [-0.3, -0.25) is 4.68 Å². The van der Waals surface area contributed by atoms with Crippen LogP contribution in [0, 0.1) is 0 Å². The summed E-state index contributed by atoms with van der Waals surface area (Å²) in [6.07, 6.45) is 1.84. The molecule has 0 amide bonds. The van der Waals surface area contributed by atoms with Crippen molar-refractivity contribution in [2.45, 2.75) is 25.8 Å². The van der Waals surface area contributed by atoms with Crippen molar-refractivity contribution in [1.82, 2.24) is 15.1 Å². The fraction of sp³-hybridized carbons (Fsp3) is 0.400. The zero-order chi connectivity index (χ0) is 13.1. The van der Waals surface area contributed by atoms with E-state index in [2.05, 4.69) is 54.6 Å². The summed E-state index contributed by atoms with van der Waals surface area (Å²) in [5, 5.41) is 7.58. The smallest absolute Gasteiger partial charge is 0.0745 e. The predicted molar refractivity (Wildman–Crippen MR) is 74.6 cm³/mol. The van der Waals surface area contributed by atoms with E-state index in [-0.39, 0.29) is 6.04 Å². The Kier molecular flexibility index (Phi) is 3.82. The molecule has 2 rings (SSSR count). The van der Waals surface area contributed by atoms with Crippen molar-refractivity contribution >= 4 is 0 Å². The van der Waals surface area contributed by atoms with Crippen molar-refractivity contribution < 1.29 is 0 Å². The molecule has 0 aliphatic heterocycles. The first-order chi connectivity index (χ1) is 8.63. The van der Waals surface area contributed by atoms with Gasteiger partial charge < -0.3 is 5.32 Å². The minimum atomic E-state index is 0.193. The lowest BCUT2D eigenvalue weighted by atomic mass is 9.98. The summed E-state index contributed by atoms with van der Waals surface area (Å²) < 4.78 is 1.91. The lowest BCUT2D eigenvalue weighted by Crippen LogP contribution is -2.20. The van der Waals surface area contributed by atoms with E-state index in [0.717, 1.165) is 0 Å². The van der Waals surface area contributed by atoms with Gasteiger partial charge in [0.05, 0.1) is 11.7 Å². The van der Waals surface area contributed by atoms with Crippen molar-refractivity contribution in [3.05, 3.63) is 53.3 Å². The maximum atomic E-state index is 4.23. The Morgan fingerprint density at radius 3 is 2.11 bits per heavy atom. The zero-order valence-electron chi connectivity index (χ0n) is 11.5. The van der Waals surface area contributed by atoms with Crippen LogP contribution in [0.15, 0.2) is 36.5 Å². The maximum Gasteiger partial charge on any atom is 0.0745 e. The van der Waals surface area contributed by atoms with E-state index in [1.807, 2.05) is 25.0 Å². The summed E-state index contributed by atoms with van der Waals surface area (Å²) in [5.74, 6) is 0.573. The van der Waals surface area contributed by atoms with Gasteiger partial charge in [0, 0.05) is 13.2 Å². The molecular formula is C15H21N3. The van der Waals surface area contributed by atoms with Gasteiger partial charge in [-0.1, -0.05) is 38.1 Å². The number of hydrogen-bond donors (Lipinski definition) is 1. The van der Waals surface area contributed by atoms with Crippen LogP contribution in [0.5, 0.6) is 0 Å². The SMILES string of the molecule is CNC(c1ccc(C(C)C)cc1)c1ccnn1C. The monoisotopic (exact) mass is 243 g/mol. The molecule has 96 valence electrons. The van der Waals surface area contributed by atoms with E-state index in [1.54, 1.807) is 0 Å². The van der Waals surface area contributed by atoms with Crippen molar-refractivity contribution in [3.63, 3.8) is 0 Å². The molecule has 0 saturated carbocycles. The molecule has 1 heterocycles. The standard InChI is InChI=1S/C15H21N3/c1-11(2)12-5-7-13(8-6-12)15(16-3)14-9-10-17-18(14)4/h5-11,15-16H,1-4H3. The average molecular weight is 243 g/mol. The third kappa shape index (κ3) is 2.46.